The quantitative estimate of drug-likeness (QED) is 0.298. The molecule has 4 aromatic rings. The first-order chi connectivity index (χ1) is 18.0. The molecule has 1 saturated heterocycles. The topological polar surface area (TPSA) is 49.2 Å². The standard InChI is InChI=1S/C30H34N6S/c1-5-34(6-2)24-13-15-25(16-14-24)36-21(3)19-26(22(36)4)29-28(27-12-8-10-18-32-27)33-30(37)35(29)20-23-11-7-9-17-31-23/h7-19,28-29H,5-6,20H2,1-4H3,(H,33,37)/t28-,29-/m1/s1. The normalized spacial score (nSPS) is 17.2. The molecule has 7 heteroatoms. The minimum Gasteiger partial charge on any atom is -0.372 e. The number of rotatable bonds is 8. The molecule has 0 bridgehead atoms. The number of aromatic nitrogens is 3. The maximum atomic E-state index is 5.88. The van der Waals surface area contributed by atoms with Crippen LogP contribution in [0.3, 0.4) is 0 Å². The smallest absolute Gasteiger partial charge is 0.170 e. The Morgan fingerprint density at radius 2 is 1.62 bits per heavy atom. The van der Waals surface area contributed by atoms with E-state index in [-0.39, 0.29) is 12.1 Å². The zero-order chi connectivity index (χ0) is 25.9. The first kappa shape index (κ1) is 25.0. The van der Waals surface area contributed by atoms with Crippen molar-refractivity contribution in [3.05, 3.63) is 107 Å². The molecule has 190 valence electrons. The lowest BCUT2D eigenvalue weighted by atomic mass is 9.96. The number of benzene rings is 1. The van der Waals surface area contributed by atoms with Gasteiger partial charge in [0.05, 0.1) is 30.0 Å². The van der Waals surface area contributed by atoms with Crippen LogP contribution >= 0.6 is 12.2 Å². The number of aryl methyl sites for hydroxylation is 1. The predicted octanol–water partition coefficient (Wildman–Crippen LogP) is 5.90. The Morgan fingerprint density at radius 1 is 0.919 bits per heavy atom. The molecule has 3 aromatic heterocycles. The lowest BCUT2D eigenvalue weighted by Gasteiger charge is -2.28. The molecule has 2 atom stereocenters. The van der Waals surface area contributed by atoms with Gasteiger partial charge in [-0.25, -0.2) is 0 Å². The zero-order valence-corrected chi connectivity index (χ0v) is 22.7. The van der Waals surface area contributed by atoms with Crippen molar-refractivity contribution in [1.29, 1.82) is 0 Å². The molecular formula is C30H34N6S. The van der Waals surface area contributed by atoms with Crippen molar-refractivity contribution < 1.29 is 0 Å². The molecule has 1 N–H and O–H groups in total. The van der Waals surface area contributed by atoms with Crippen LogP contribution in [0.25, 0.3) is 5.69 Å². The van der Waals surface area contributed by atoms with Gasteiger partial charge in [0.15, 0.2) is 5.11 Å². The Labute approximate surface area is 225 Å². The van der Waals surface area contributed by atoms with Crippen molar-refractivity contribution in [2.75, 3.05) is 18.0 Å². The summed E-state index contributed by atoms with van der Waals surface area (Å²) in [7, 11) is 0. The fraction of sp³-hybridized carbons (Fsp3) is 0.300. The van der Waals surface area contributed by atoms with Crippen LogP contribution < -0.4 is 10.2 Å². The second kappa shape index (κ2) is 10.7. The molecule has 0 aliphatic carbocycles. The summed E-state index contributed by atoms with van der Waals surface area (Å²) in [6.45, 7) is 11.4. The Balaban J connectivity index is 1.56. The third-order valence-corrected chi connectivity index (χ3v) is 7.63. The molecule has 1 aliphatic heterocycles. The molecule has 1 aromatic carbocycles. The molecule has 0 saturated carbocycles. The Kier molecular flexibility index (Phi) is 7.24. The number of nitrogens with zero attached hydrogens (tertiary/aromatic N) is 5. The molecule has 1 aliphatic rings. The molecule has 0 amide bonds. The Morgan fingerprint density at radius 3 is 2.24 bits per heavy atom. The van der Waals surface area contributed by atoms with Gasteiger partial charge in [0.1, 0.15) is 0 Å². The monoisotopic (exact) mass is 510 g/mol. The van der Waals surface area contributed by atoms with Crippen LogP contribution in [0.5, 0.6) is 0 Å². The average Bonchev–Trinajstić information content (AvgIpc) is 3.40. The summed E-state index contributed by atoms with van der Waals surface area (Å²) >= 11 is 5.88. The summed E-state index contributed by atoms with van der Waals surface area (Å²) in [6, 6.07) is 23.2. The van der Waals surface area contributed by atoms with Crippen molar-refractivity contribution >= 4 is 23.0 Å². The Hall–Kier alpha value is -3.71. The minimum atomic E-state index is -0.0589. The fourth-order valence-electron chi connectivity index (χ4n) is 5.47. The predicted molar refractivity (Wildman–Crippen MR) is 154 cm³/mol. The zero-order valence-electron chi connectivity index (χ0n) is 21.9. The van der Waals surface area contributed by atoms with E-state index in [0.29, 0.717) is 6.54 Å². The van der Waals surface area contributed by atoms with Gasteiger partial charge in [-0.1, -0.05) is 12.1 Å². The number of hydrogen-bond acceptors (Lipinski definition) is 4. The summed E-state index contributed by atoms with van der Waals surface area (Å²) in [5.41, 5.74) is 8.01. The van der Waals surface area contributed by atoms with Crippen molar-refractivity contribution in [2.24, 2.45) is 0 Å². The van der Waals surface area contributed by atoms with Crippen molar-refractivity contribution in [3.63, 3.8) is 0 Å². The SMILES string of the molecule is CCN(CC)c1ccc(-n2c(C)cc([C@@H]3[C@@H](c4ccccn4)NC(=S)N3Cc3ccccn3)c2C)cc1. The highest BCUT2D eigenvalue weighted by molar-refractivity contribution is 7.80. The summed E-state index contributed by atoms with van der Waals surface area (Å²) in [5, 5.41) is 4.29. The summed E-state index contributed by atoms with van der Waals surface area (Å²) in [5.74, 6) is 0. The molecule has 0 radical (unpaired) electrons. The minimum absolute atomic E-state index is 0.0145. The number of anilines is 1. The number of nitrogens with one attached hydrogen (secondary N) is 1. The van der Waals surface area contributed by atoms with Crippen LogP contribution in [0, 0.1) is 13.8 Å². The van der Waals surface area contributed by atoms with Gasteiger partial charge in [-0.2, -0.15) is 0 Å². The fourth-order valence-corrected chi connectivity index (χ4v) is 5.77. The van der Waals surface area contributed by atoms with E-state index >= 15 is 0 Å². The second-order valence-electron chi connectivity index (χ2n) is 9.43. The lowest BCUT2D eigenvalue weighted by molar-refractivity contribution is 0.307. The first-order valence-electron chi connectivity index (χ1n) is 12.9. The molecule has 4 heterocycles. The summed E-state index contributed by atoms with van der Waals surface area (Å²) in [4.78, 5) is 13.9. The van der Waals surface area contributed by atoms with E-state index in [1.807, 2.05) is 36.7 Å². The third kappa shape index (κ3) is 4.83. The van der Waals surface area contributed by atoms with Gasteiger partial charge in [0, 0.05) is 48.2 Å². The van der Waals surface area contributed by atoms with Gasteiger partial charge in [-0.05, 0) is 100 Å². The maximum absolute atomic E-state index is 5.88. The molecule has 6 nitrogen and oxygen atoms in total. The van der Waals surface area contributed by atoms with Gasteiger partial charge in [-0.3, -0.25) is 9.97 Å². The Bertz CT molecular complexity index is 1350. The highest BCUT2D eigenvalue weighted by Gasteiger charge is 2.41. The molecule has 0 spiro atoms. The van der Waals surface area contributed by atoms with Gasteiger partial charge in [-0.15, -0.1) is 0 Å². The highest BCUT2D eigenvalue weighted by atomic mass is 32.1. The van der Waals surface area contributed by atoms with E-state index in [1.165, 1.54) is 22.6 Å². The molecular weight excluding hydrogens is 476 g/mol. The molecule has 0 unspecified atom stereocenters. The van der Waals surface area contributed by atoms with Gasteiger partial charge in [0.25, 0.3) is 0 Å². The summed E-state index contributed by atoms with van der Waals surface area (Å²) < 4.78 is 2.34. The first-order valence-corrected chi connectivity index (χ1v) is 13.3. The molecule has 37 heavy (non-hydrogen) atoms. The molecule has 5 rings (SSSR count). The van der Waals surface area contributed by atoms with Crippen LogP contribution in [0.1, 0.15) is 54.3 Å². The van der Waals surface area contributed by atoms with Crippen molar-refractivity contribution in [1.82, 2.24) is 24.8 Å². The van der Waals surface area contributed by atoms with Crippen LogP contribution in [0.4, 0.5) is 5.69 Å². The number of hydrogen-bond donors (Lipinski definition) is 1. The van der Waals surface area contributed by atoms with Gasteiger partial charge >= 0.3 is 0 Å². The summed E-state index contributed by atoms with van der Waals surface area (Å²) in [6.07, 6.45) is 3.68. The van der Waals surface area contributed by atoms with Crippen LogP contribution in [0.2, 0.25) is 0 Å². The number of thiocarbonyl (C=S) groups is 1. The van der Waals surface area contributed by atoms with Crippen molar-refractivity contribution in [2.45, 2.75) is 46.3 Å². The van der Waals surface area contributed by atoms with E-state index in [4.69, 9.17) is 17.2 Å². The molecule has 1 fully saturated rings. The second-order valence-corrected chi connectivity index (χ2v) is 9.81. The van der Waals surface area contributed by atoms with Gasteiger partial charge < -0.3 is 19.7 Å². The third-order valence-electron chi connectivity index (χ3n) is 7.28. The highest BCUT2D eigenvalue weighted by Crippen LogP contribution is 2.42. The van der Waals surface area contributed by atoms with Crippen molar-refractivity contribution in [3.8, 4) is 5.69 Å². The number of pyridine rings is 2. The average molecular weight is 511 g/mol. The van der Waals surface area contributed by atoms with Crippen LogP contribution in [-0.2, 0) is 6.54 Å². The van der Waals surface area contributed by atoms with E-state index in [1.54, 1.807) is 0 Å². The van der Waals surface area contributed by atoms with E-state index < -0.39 is 0 Å². The maximum Gasteiger partial charge on any atom is 0.170 e. The van der Waals surface area contributed by atoms with E-state index in [2.05, 4.69) is 94.8 Å². The van der Waals surface area contributed by atoms with Crippen LogP contribution in [0.15, 0.2) is 79.1 Å². The van der Waals surface area contributed by atoms with Gasteiger partial charge in [0.2, 0.25) is 0 Å². The largest absolute Gasteiger partial charge is 0.372 e. The lowest BCUT2D eigenvalue weighted by Crippen LogP contribution is -2.29. The van der Waals surface area contributed by atoms with E-state index in [0.717, 1.165) is 35.3 Å². The van der Waals surface area contributed by atoms with Crippen LogP contribution in [-0.4, -0.2) is 37.6 Å². The van der Waals surface area contributed by atoms with E-state index in [9.17, 15) is 0 Å².